The van der Waals surface area contributed by atoms with Crippen LogP contribution in [-0.4, -0.2) is 0 Å². The summed E-state index contributed by atoms with van der Waals surface area (Å²) < 4.78 is 2.07. The molecule has 0 bridgehead atoms. The Bertz CT molecular complexity index is 1580. The van der Waals surface area contributed by atoms with Crippen LogP contribution in [0.2, 0.25) is 0 Å². The lowest BCUT2D eigenvalue weighted by atomic mass is 9.70. The topological polar surface area (TPSA) is 0 Å². The molecule has 2 aliphatic carbocycles. The van der Waals surface area contributed by atoms with Crippen LogP contribution in [0, 0.1) is 0 Å². The Kier molecular flexibility index (Phi) is 4.43. The van der Waals surface area contributed by atoms with Gasteiger partial charge in [-0.05, 0) is 77.4 Å². The smallest absolute Gasteiger partial charge is 0.0619 e. The Hall–Kier alpha value is -3.43. The molecule has 1 heteroatoms. The van der Waals surface area contributed by atoms with Crippen molar-refractivity contribution < 1.29 is 0 Å². The van der Waals surface area contributed by atoms with Crippen LogP contribution in [0.3, 0.4) is 0 Å². The van der Waals surface area contributed by atoms with Gasteiger partial charge in [0.05, 0.1) is 5.41 Å². The Morgan fingerprint density at radius 3 is 1.71 bits per heavy atom. The van der Waals surface area contributed by atoms with Crippen molar-refractivity contribution in [1.82, 2.24) is 0 Å². The first kappa shape index (κ1) is 20.0. The minimum Gasteiger partial charge on any atom is -0.0619 e. The number of hydrogen-bond acceptors (Lipinski definition) is 0. The minimum absolute atomic E-state index is 0.283. The molecule has 0 aliphatic heterocycles. The molecule has 34 heavy (non-hydrogen) atoms. The van der Waals surface area contributed by atoms with Crippen LogP contribution in [0.1, 0.15) is 27.8 Å². The highest BCUT2D eigenvalue weighted by Gasteiger charge is 2.51. The molecule has 160 valence electrons. The maximum Gasteiger partial charge on any atom is 0.0725 e. The summed E-state index contributed by atoms with van der Waals surface area (Å²) >= 11 is 2.29. The van der Waals surface area contributed by atoms with Crippen molar-refractivity contribution >= 4 is 28.7 Å². The summed E-state index contributed by atoms with van der Waals surface area (Å²) in [6, 6.07) is 42.7. The van der Waals surface area contributed by atoms with Gasteiger partial charge < -0.3 is 0 Å². The van der Waals surface area contributed by atoms with Gasteiger partial charge in [-0.1, -0.05) is 132 Å². The standard InChI is InChI=1S/C33H21I/c34-20-19-22-9-7-10-23(21-22)24-14-8-18-31-32(24)27-13-3-6-17-30(27)33(31)28-15-4-1-11-25(28)26-12-2-5-16-29(26)33/h1-21H/b20-19-. The SMILES string of the molecule is I/C=C\c1cccc(-c2cccc3c2-c2ccccc2C32c3ccccc3-c3ccccc32)c1. The monoisotopic (exact) mass is 544 g/mol. The zero-order chi connectivity index (χ0) is 22.7. The predicted octanol–water partition coefficient (Wildman–Crippen LogP) is 9.10. The average Bonchev–Trinajstić information content (AvgIpc) is 3.37. The van der Waals surface area contributed by atoms with E-state index < -0.39 is 0 Å². The van der Waals surface area contributed by atoms with Gasteiger partial charge in [0.25, 0.3) is 0 Å². The number of halogens is 1. The molecule has 0 saturated carbocycles. The van der Waals surface area contributed by atoms with Crippen LogP contribution in [0.25, 0.3) is 39.5 Å². The van der Waals surface area contributed by atoms with Crippen molar-refractivity contribution in [2.45, 2.75) is 5.41 Å². The van der Waals surface area contributed by atoms with Crippen LogP contribution < -0.4 is 0 Å². The van der Waals surface area contributed by atoms with Gasteiger partial charge in [0.2, 0.25) is 0 Å². The van der Waals surface area contributed by atoms with E-state index >= 15 is 0 Å². The Morgan fingerprint density at radius 2 is 1.03 bits per heavy atom. The zero-order valence-corrected chi connectivity index (χ0v) is 20.7. The maximum atomic E-state index is 2.35. The Morgan fingerprint density at radius 1 is 0.500 bits per heavy atom. The van der Waals surface area contributed by atoms with E-state index in [2.05, 4.69) is 148 Å². The van der Waals surface area contributed by atoms with Crippen molar-refractivity contribution in [2.24, 2.45) is 0 Å². The third-order valence-electron chi connectivity index (χ3n) is 7.47. The van der Waals surface area contributed by atoms with Crippen LogP contribution in [0.5, 0.6) is 0 Å². The zero-order valence-electron chi connectivity index (χ0n) is 18.5. The number of benzene rings is 5. The number of fused-ring (bicyclic) bond motifs is 10. The Balaban J connectivity index is 1.62. The molecule has 0 heterocycles. The lowest BCUT2D eigenvalue weighted by Crippen LogP contribution is -2.25. The fourth-order valence-corrected chi connectivity index (χ4v) is 6.68. The van der Waals surface area contributed by atoms with Crippen LogP contribution >= 0.6 is 22.6 Å². The molecule has 0 unspecified atom stereocenters. The van der Waals surface area contributed by atoms with E-state index in [0.717, 1.165) is 0 Å². The molecule has 0 radical (unpaired) electrons. The van der Waals surface area contributed by atoms with Crippen molar-refractivity contribution in [1.29, 1.82) is 0 Å². The summed E-state index contributed by atoms with van der Waals surface area (Å²) in [6.45, 7) is 0. The summed E-state index contributed by atoms with van der Waals surface area (Å²) in [5.74, 6) is 0. The van der Waals surface area contributed by atoms with Gasteiger partial charge in [-0.2, -0.15) is 0 Å². The van der Waals surface area contributed by atoms with E-state index in [1.54, 1.807) is 0 Å². The van der Waals surface area contributed by atoms with E-state index in [1.165, 1.54) is 61.2 Å². The molecule has 0 N–H and O–H groups in total. The van der Waals surface area contributed by atoms with Gasteiger partial charge in [-0.25, -0.2) is 0 Å². The lowest BCUT2D eigenvalue weighted by molar-refractivity contribution is 0.794. The summed E-state index contributed by atoms with van der Waals surface area (Å²) in [5.41, 5.74) is 14.5. The molecular weight excluding hydrogens is 523 g/mol. The summed E-state index contributed by atoms with van der Waals surface area (Å²) in [7, 11) is 0. The van der Waals surface area contributed by atoms with Gasteiger partial charge >= 0.3 is 0 Å². The molecular formula is C33H21I. The third-order valence-corrected chi connectivity index (χ3v) is 7.83. The second-order valence-corrected chi connectivity index (χ2v) is 9.75. The normalized spacial score (nSPS) is 14.1. The Labute approximate surface area is 213 Å². The highest BCUT2D eigenvalue weighted by molar-refractivity contribution is 14.1. The van der Waals surface area contributed by atoms with E-state index in [4.69, 9.17) is 0 Å². The van der Waals surface area contributed by atoms with E-state index in [0.29, 0.717) is 0 Å². The van der Waals surface area contributed by atoms with Crippen molar-refractivity contribution in [2.75, 3.05) is 0 Å². The first-order chi connectivity index (χ1) is 16.8. The van der Waals surface area contributed by atoms with Gasteiger partial charge in [0, 0.05) is 0 Å². The average molecular weight is 544 g/mol. The first-order valence-electron chi connectivity index (χ1n) is 11.6. The molecule has 5 aromatic carbocycles. The largest absolute Gasteiger partial charge is 0.0725 e. The van der Waals surface area contributed by atoms with Gasteiger partial charge in [0.15, 0.2) is 0 Å². The van der Waals surface area contributed by atoms with E-state index in [9.17, 15) is 0 Å². The molecule has 5 aromatic rings. The molecule has 0 atom stereocenters. The summed E-state index contributed by atoms with van der Waals surface area (Å²) in [4.78, 5) is 0. The lowest BCUT2D eigenvalue weighted by Gasteiger charge is -2.30. The highest BCUT2D eigenvalue weighted by atomic mass is 127. The van der Waals surface area contributed by atoms with Crippen LogP contribution in [0.4, 0.5) is 0 Å². The third kappa shape index (κ3) is 2.53. The molecule has 0 nitrogen and oxygen atoms in total. The maximum absolute atomic E-state index is 2.35. The van der Waals surface area contributed by atoms with Crippen molar-refractivity contribution in [3.63, 3.8) is 0 Å². The van der Waals surface area contributed by atoms with Crippen LogP contribution in [-0.2, 0) is 5.41 Å². The molecule has 7 rings (SSSR count). The molecule has 0 fully saturated rings. The first-order valence-corrected chi connectivity index (χ1v) is 12.9. The fourth-order valence-electron chi connectivity index (χ4n) is 6.27. The van der Waals surface area contributed by atoms with Crippen molar-refractivity contribution in [3.05, 3.63) is 147 Å². The second-order valence-electron chi connectivity index (χ2n) is 9.03. The van der Waals surface area contributed by atoms with Crippen LogP contribution in [0.15, 0.2) is 119 Å². The molecule has 0 saturated heterocycles. The van der Waals surface area contributed by atoms with Crippen molar-refractivity contribution in [3.8, 4) is 33.4 Å². The summed E-state index contributed by atoms with van der Waals surface area (Å²) in [6.07, 6.45) is 2.16. The molecule has 2 aliphatic rings. The van der Waals surface area contributed by atoms with Gasteiger partial charge in [0.1, 0.15) is 0 Å². The summed E-state index contributed by atoms with van der Waals surface area (Å²) in [5, 5.41) is 0. The fraction of sp³-hybridized carbons (Fsp3) is 0.0303. The number of rotatable bonds is 2. The number of hydrogen-bond donors (Lipinski definition) is 0. The van der Waals surface area contributed by atoms with Gasteiger partial charge in [-0.3, -0.25) is 0 Å². The quantitative estimate of drug-likeness (QED) is 0.191. The molecule has 1 spiro atoms. The van der Waals surface area contributed by atoms with E-state index in [1.807, 2.05) is 0 Å². The molecule has 0 aromatic heterocycles. The molecule has 0 amide bonds. The van der Waals surface area contributed by atoms with Gasteiger partial charge in [-0.15, -0.1) is 0 Å². The minimum atomic E-state index is -0.283. The second kappa shape index (κ2) is 7.54. The predicted molar refractivity (Wildman–Crippen MR) is 151 cm³/mol. The highest BCUT2D eigenvalue weighted by Crippen LogP contribution is 2.63. The van der Waals surface area contributed by atoms with E-state index in [-0.39, 0.29) is 5.41 Å².